The minimum absolute atomic E-state index is 0.0838. The number of benzene rings is 3. The molecular formula is C28H30N2O4. The van der Waals surface area contributed by atoms with Crippen LogP contribution in [0.3, 0.4) is 0 Å². The van der Waals surface area contributed by atoms with Crippen molar-refractivity contribution >= 4 is 17.9 Å². The number of carbonyl (C=O) groups is 2. The molecule has 0 saturated carbocycles. The van der Waals surface area contributed by atoms with Gasteiger partial charge in [0, 0.05) is 25.2 Å². The van der Waals surface area contributed by atoms with Gasteiger partial charge in [0.1, 0.15) is 12.2 Å². The first-order valence-electron chi connectivity index (χ1n) is 11.4. The van der Waals surface area contributed by atoms with E-state index in [1.54, 1.807) is 11.9 Å². The number of hydrogen-bond donors (Lipinski definition) is 1. The fraction of sp³-hybridized carbons (Fsp3) is 0.286. The normalized spacial score (nSPS) is 14.1. The number of rotatable bonds is 5. The summed E-state index contributed by atoms with van der Waals surface area (Å²) in [6, 6.07) is 23.6. The lowest BCUT2D eigenvalue weighted by molar-refractivity contribution is 0.0285. The number of anilines is 1. The number of para-hydroxylation sites is 1. The number of carbonyl (C=O) groups excluding carboxylic acids is 2. The topological polar surface area (TPSA) is 67.9 Å². The molecule has 0 saturated heterocycles. The zero-order valence-electron chi connectivity index (χ0n) is 20.0. The molecule has 34 heavy (non-hydrogen) atoms. The molecule has 4 rings (SSSR count). The van der Waals surface area contributed by atoms with Crippen molar-refractivity contribution in [2.24, 2.45) is 0 Å². The van der Waals surface area contributed by atoms with E-state index in [0.29, 0.717) is 12.2 Å². The van der Waals surface area contributed by atoms with Crippen molar-refractivity contribution in [1.29, 1.82) is 0 Å². The quantitative estimate of drug-likeness (QED) is 0.479. The fourth-order valence-electron chi connectivity index (χ4n) is 4.15. The minimum atomic E-state index is -0.548. The molecule has 0 heterocycles. The van der Waals surface area contributed by atoms with Crippen molar-refractivity contribution in [2.75, 3.05) is 19.0 Å². The van der Waals surface area contributed by atoms with Gasteiger partial charge < -0.3 is 14.4 Å². The van der Waals surface area contributed by atoms with Crippen LogP contribution in [0.2, 0.25) is 0 Å². The van der Waals surface area contributed by atoms with Crippen LogP contribution in [-0.2, 0) is 16.0 Å². The molecule has 176 valence electrons. The van der Waals surface area contributed by atoms with Gasteiger partial charge in [-0.25, -0.2) is 9.59 Å². The Morgan fingerprint density at radius 3 is 2.32 bits per heavy atom. The number of nitrogens with one attached hydrogen (secondary N) is 1. The smallest absolute Gasteiger partial charge is 0.411 e. The lowest BCUT2D eigenvalue weighted by Gasteiger charge is -2.25. The van der Waals surface area contributed by atoms with Crippen molar-refractivity contribution in [3.63, 3.8) is 0 Å². The molecule has 6 nitrogen and oxygen atoms in total. The standard InChI is InChI=1S/C28H30N2O4/c1-28(2,3)34-27(32)30(4)17-19-14-15-23-21-12-8-9-13-22(21)25(24(23)16-19)18-33-26(31)29-20-10-6-5-7-11-20/h5-16,25H,17-18H2,1-4H3,(H,29,31). The highest BCUT2D eigenvalue weighted by Crippen LogP contribution is 2.45. The summed E-state index contributed by atoms with van der Waals surface area (Å²) in [4.78, 5) is 26.4. The summed E-state index contributed by atoms with van der Waals surface area (Å²) in [5, 5.41) is 2.76. The Balaban J connectivity index is 1.51. The van der Waals surface area contributed by atoms with Crippen LogP contribution in [0.15, 0.2) is 72.8 Å². The van der Waals surface area contributed by atoms with Crippen molar-refractivity contribution in [2.45, 2.75) is 38.8 Å². The molecule has 3 aromatic rings. The second-order valence-corrected chi connectivity index (χ2v) is 9.49. The van der Waals surface area contributed by atoms with Gasteiger partial charge in [0.15, 0.2) is 0 Å². The van der Waals surface area contributed by atoms with Crippen LogP contribution < -0.4 is 5.32 Å². The molecule has 1 unspecified atom stereocenters. The molecule has 0 aromatic heterocycles. The molecule has 1 atom stereocenters. The maximum Gasteiger partial charge on any atom is 0.411 e. The Hall–Kier alpha value is -3.80. The predicted molar refractivity (Wildman–Crippen MR) is 133 cm³/mol. The van der Waals surface area contributed by atoms with Crippen LogP contribution in [0.5, 0.6) is 0 Å². The van der Waals surface area contributed by atoms with Crippen LogP contribution in [-0.4, -0.2) is 36.3 Å². The van der Waals surface area contributed by atoms with Crippen LogP contribution >= 0.6 is 0 Å². The first kappa shape index (κ1) is 23.4. The average molecular weight is 459 g/mol. The summed E-state index contributed by atoms with van der Waals surface area (Å²) in [5.41, 5.74) is 5.60. The first-order valence-corrected chi connectivity index (χ1v) is 11.4. The molecule has 1 aliphatic carbocycles. The maximum atomic E-state index is 12.4. The van der Waals surface area contributed by atoms with Crippen LogP contribution in [0.1, 0.15) is 43.4 Å². The summed E-state index contributed by atoms with van der Waals surface area (Å²) < 4.78 is 11.1. The van der Waals surface area contributed by atoms with Gasteiger partial charge in [-0.15, -0.1) is 0 Å². The van der Waals surface area contributed by atoms with Gasteiger partial charge in [-0.2, -0.15) is 0 Å². The molecule has 0 radical (unpaired) electrons. The van der Waals surface area contributed by atoms with Crippen molar-refractivity contribution in [3.05, 3.63) is 89.5 Å². The largest absolute Gasteiger partial charge is 0.448 e. The first-order chi connectivity index (χ1) is 16.2. The second-order valence-electron chi connectivity index (χ2n) is 9.49. The molecule has 0 fully saturated rings. The number of ether oxygens (including phenoxy) is 2. The van der Waals surface area contributed by atoms with Gasteiger partial charge in [0.25, 0.3) is 0 Å². The summed E-state index contributed by atoms with van der Waals surface area (Å²) in [6.45, 7) is 6.19. The molecule has 0 bridgehead atoms. The van der Waals surface area contributed by atoms with Gasteiger partial charge in [-0.3, -0.25) is 5.32 Å². The van der Waals surface area contributed by atoms with E-state index in [1.807, 2.05) is 69.3 Å². The average Bonchev–Trinajstić information content (AvgIpc) is 3.10. The van der Waals surface area contributed by atoms with Gasteiger partial charge in [0.2, 0.25) is 0 Å². The number of hydrogen-bond acceptors (Lipinski definition) is 4. The van der Waals surface area contributed by atoms with Crippen molar-refractivity contribution in [3.8, 4) is 11.1 Å². The number of nitrogens with zero attached hydrogens (tertiary/aromatic N) is 1. The van der Waals surface area contributed by atoms with Crippen molar-refractivity contribution in [1.82, 2.24) is 4.90 Å². The zero-order chi connectivity index (χ0) is 24.3. The number of amides is 2. The van der Waals surface area contributed by atoms with E-state index in [-0.39, 0.29) is 18.6 Å². The third kappa shape index (κ3) is 5.39. The van der Waals surface area contributed by atoms with Gasteiger partial charge >= 0.3 is 12.2 Å². The van der Waals surface area contributed by atoms with Crippen LogP contribution in [0.4, 0.5) is 15.3 Å². The van der Waals surface area contributed by atoms with Crippen LogP contribution in [0, 0.1) is 0 Å². The lowest BCUT2D eigenvalue weighted by Crippen LogP contribution is -2.33. The Morgan fingerprint density at radius 2 is 1.59 bits per heavy atom. The number of fused-ring (bicyclic) bond motifs is 3. The molecule has 3 aromatic carbocycles. The summed E-state index contributed by atoms with van der Waals surface area (Å²) in [7, 11) is 1.73. The Bertz CT molecular complexity index is 1180. The molecular weight excluding hydrogens is 428 g/mol. The SMILES string of the molecule is CN(Cc1ccc2c(c1)C(COC(=O)Nc1ccccc1)c1ccccc1-2)C(=O)OC(C)(C)C. The summed E-state index contributed by atoms with van der Waals surface area (Å²) in [5.74, 6) is -0.0838. The van der Waals surface area contributed by atoms with E-state index < -0.39 is 11.7 Å². The van der Waals surface area contributed by atoms with E-state index in [0.717, 1.165) is 27.8 Å². The van der Waals surface area contributed by atoms with Gasteiger partial charge in [0.05, 0.1) is 0 Å². The molecule has 1 aliphatic rings. The molecule has 2 amide bonds. The van der Waals surface area contributed by atoms with E-state index in [2.05, 4.69) is 29.6 Å². The van der Waals surface area contributed by atoms with Crippen molar-refractivity contribution < 1.29 is 19.1 Å². The molecule has 0 spiro atoms. The molecule has 1 N–H and O–H groups in total. The lowest BCUT2D eigenvalue weighted by atomic mass is 9.96. The van der Waals surface area contributed by atoms with Crippen LogP contribution in [0.25, 0.3) is 11.1 Å². The Kier molecular flexibility index (Phi) is 6.59. The van der Waals surface area contributed by atoms with E-state index >= 15 is 0 Å². The molecule has 6 heteroatoms. The second kappa shape index (κ2) is 9.59. The van der Waals surface area contributed by atoms with E-state index in [9.17, 15) is 9.59 Å². The maximum absolute atomic E-state index is 12.4. The van der Waals surface area contributed by atoms with Gasteiger partial charge in [-0.1, -0.05) is 60.7 Å². The Labute approximate surface area is 200 Å². The fourth-order valence-corrected chi connectivity index (χ4v) is 4.15. The highest BCUT2D eigenvalue weighted by Gasteiger charge is 2.30. The van der Waals surface area contributed by atoms with E-state index in [4.69, 9.17) is 9.47 Å². The van der Waals surface area contributed by atoms with E-state index in [1.165, 1.54) is 0 Å². The minimum Gasteiger partial charge on any atom is -0.448 e. The summed E-state index contributed by atoms with van der Waals surface area (Å²) >= 11 is 0. The zero-order valence-corrected chi connectivity index (χ0v) is 20.0. The predicted octanol–water partition coefficient (Wildman–Crippen LogP) is 6.41. The highest BCUT2D eigenvalue weighted by atomic mass is 16.6. The third-order valence-corrected chi connectivity index (χ3v) is 5.64. The third-order valence-electron chi connectivity index (χ3n) is 5.64. The molecule has 0 aliphatic heterocycles. The highest BCUT2D eigenvalue weighted by molar-refractivity contribution is 5.85. The van der Waals surface area contributed by atoms with Gasteiger partial charge in [-0.05, 0) is 60.7 Å². The monoisotopic (exact) mass is 458 g/mol. The Morgan fingerprint density at radius 1 is 0.912 bits per heavy atom. The summed E-state index contributed by atoms with van der Waals surface area (Å²) in [6.07, 6.45) is -0.855.